The fraction of sp³-hybridized carbons (Fsp3) is 0.222. The van der Waals surface area contributed by atoms with E-state index in [0.717, 1.165) is 5.56 Å². The molecule has 0 spiro atoms. The van der Waals surface area contributed by atoms with Gasteiger partial charge in [-0.1, -0.05) is 29.8 Å². The highest BCUT2D eigenvalue weighted by atomic mass is 16.4. The van der Waals surface area contributed by atoms with Gasteiger partial charge in [0, 0.05) is 1.37 Å². The summed E-state index contributed by atoms with van der Waals surface area (Å²) >= 11 is 0. The maximum Gasteiger partial charge on any atom is 0.337 e. The zero-order valence-corrected chi connectivity index (χ0v) is 6.40. The van der Waals surface area contributed by atoms with Crippen molar-refractivity contribution >= 4 is 5.97 Å². The molecule has 0 amide bonds. The maximum atomic E-state index is 10.4. The summed E-state index contributed by atoms with van der Waals surface area (Å²) in [6.07, 6.45) is -1.47. The van der Waals surface area contributed by atoms with E-state index in [9.17, 15) is 4.79 Å². The van der Waals surface area contributed by atoms with Crippen molar-refractivity contribution in [1.82, 2.24) is 0 Å². The third-order valence-electron chi connectivity index (χ3n) is 1.53. The molecular formula is C9H10O3. The van der Waals surface area contributed by atoms with Gasteiger partial charge < -0.3 is 10.2 Å². The molecule has 1 rings (SSSR count). The monoisotopic (exact) mass is 167 g/mol. The molecule has 1 aromatic rings. The molecule has 12 heavy (non-hydrogen) atoms. The lowest BCUT2D eigenvalue weighted by molar-refractivity contribution is -0.146. The van der Waals surface area contributed by atoms with Gasteiger partial charge in [-0.25, -0.2) is 4.79 Å². The molecule has 0 saturated heterocycles. The Kier molecular flexibility index (Phi) is 2.05. The normalized spacial score (nSPS) is 13.6. The van der Waals surface area contributed by atoms with Gasteiger partial charge in [-0.2, -0.15) is 0 Å². The van der Waals surface area contributed by atoms with Crippen molar-refractivity contribution in [3.8, 4) is 0 Å². The van der Waals surface area contributed by atoms with Crippen LogP contribution in [0.15, 0.2) is 24.3 Å². The molecule has 3 nitrogen and oxygen atoms in total. The molecule has 1 aromatic carbocycles. The summed E-state index contributed by atoms with van der Waals surface area (Å²) in [5, 5.41) is 17.6. The molecule has 3 heteroatoms. The number of aliphatic carboxylic acids is 1. The number of hydrogen-bond donors (Lipinski definition) is 2. The average molecular weight is 167 g/mol. The number of aliphatic hydroxyl groups is 1. The Morgan fingerprint density at radius 3 is 2.50 bits per heavy atom. The third kappa shape index (κ3) is 1.83. The van der Waals surface area contributed by atoms with Gasteiger partial charge in [0.25, 0.3) is 0 Å². The molecule has 64 valence electrons. The highest BCUT2D eigenvalue weighted by Crippen LogP contribution is 2.13. The van der Waals surface area contributed by atoms with Crippen LogP contribution in [0.4, 0.5) is 0 Å². The van der Waals surface area contributed by atoms with E-state index in [1.54, 1.807) is 12.1 Å². The predicted molar refractivity (Wildman–Crippen MR) is 43.8 cm³/mol. The second-order valence-corrected chi connectivity index (χ2v) is 2.48. The Morgan fingerprint density at radius 1 is 1.50 bits per heavy atom. The van der Waals surface area contributed by atoms with Crippen LogP contribution in [-0.4, -0.2) is 16.2 Å². The van der Waals surface area contributed by atoms with E-state index in [0.29, 0.717) is 5.56 Å². The van der Waals surface area contributed by atoms with E-state index in [4.69, 9.17) is 11.6 Å². The van der Waals surface area contributed by atoms with E-state index in [2.05, 4.69) is 0 Å². The smallest absolute Gasteiger partial charge is 0.337 e. The molecule has 2 N–H and O–H groups in total. The Morgan fingerprint density at radius 2 is 2.08 bits per heavy atom. The van der Waals surface area contributed by atoms with E-state index in [1.807, 2.05) is 0 Å². The SMILES string of the molecule is [2H]Cc1ccc(C(O)C(=O)O)cc1. The number of carbonyl (C=O) groups is 1. The summed E-state index contributed by atoms with van der Waals surface area (Å²) in [6, 6.07) is 6.30. The summed E-state index contributed by atoms with van der Waals surface area (Å²) in [6.45, 7) is 0.156. The number of aliphatic hydroxyl groups excluding tert-OH is 1. The van der Waals surface area contributed by atoms with E-state index in [-0.39, 0.29) is 6.90 Å². The van der Waals surface area contributed by atoms with Crippen molar-refractivity contribution in [2.45, 2.75) is 13.0 Å². The van der Waals surface area contributed by atoms with Gasteiger partial charge in [0.1, 0.15) is 0 Å². The number of carboxylic acids is 1. The van der Waals surface area contributed by atoms with Gasteiger partial charge in [-0.15, -0.1) is 0 Å². The predicted octanol–water partition coefficient (Wildman–Crippen LogP) is 1.11. The van der Waals surface area contributed by atoms with Gasteiger partial charge in [-0.05, 0) is 12.5 Å². The Bertz CT molecular complexity index is 294. The van der Waals surface area contributed by atoms with Crippen molar-refractivity contribution in [2.75, 3.05) is 0 Å². The van der Waals surface area contributed by atoms with Crippen LogP contribution < -0.4 is 0 Å². The van der Waals surface area contributed by atoms with Crippen LogP contribution in [0.1, 0.15) is 18.6 Å². The lowest BCUT2D eigenvalue weighted by Crippen LogP contribution is -2.09. The first-order valence-electron chi connectivity index (χ1n) is 4.15. The van der Waals surface area contributed by atoms with Gasteiger partial charge in [0.2, 0.25) is 0 Å². The zero-order valence-electron chi connectivity index (χ0n) is 7.40. The van der Waals surface area contributed by atoms with Crippen LogP contribution >= 0.6 is 0 Å². The number of aryl methyl sites for hydroxylation is 1. The van der Waals surface area contributed by atoms with Crippen molar-refractivity contribution in [1.29, 1.82) is 0 Å². The zero-order chi connectivity index (χ0) is 9.84. The Hall–Kier alpha value is -1.35. The summed E-state index contributed by atoms with van der Waals surface area (Å²) in [4.78, 5) is 10.4. The number of carboxylic acid groups (broad SMARTS) is 1. The molecule has 0 aliphatic carbocycles. The molecule has 0 heterocycles. The minimum absolute atomic E-state index is 0.156. The van der Waals surface area contributed by atoms with Crippen molar-refractivity contribution in [3.05, 3.63) is 35.4 Å². The second kappa shape index (κ2) is 3.36. The fourth-order valence-corrected chi connectivity index (χ4v) is 0.843. The van der Waals surface area contributed by atoms with Gasteiger partial charge in [0.15, 0.2) is 6.10 Å². The molecule has 1 unspecified atom stereocenters. The average Bonchev–Trinajstić information content (AvgIpc) is 2.17. The Labute approximate surface area is 71.7 Å². The van der Waals surface area contributed by atoms with Gasteiger partial charge >= 0.3 is 5.97 Å². The number of benzene rings is 1. The second-order valence-electron chi connectivity index (χ2n) is 2.48. The summed E-state index contributed by atoms with van der Waals surface area (Å²) < 4.78 is 7.03. The number of rotatable bonds is 2. The van der Waals surface area contributed by atoms with E-state index < -0.39 is 12.1 Å². The molecular weight excluding hydrogens is 156 g/mol. The largest absolute Gasteiger partial charge is 0.479 e. The number of hydrogen-bond acceptors (Lipinski definition) is 2. The van der Waals surface area contributed by atoms with Crippen LogP contribution in [0.5, 0.6) is 0 Å². The maximum absolute atomic E-state index is 10.4. The minimum atomic E-state index is -1.47. The molecule has 0 bridgehead atoms. The van der Waals surface area contributed by atoms with Crippen LogP contribution in [-0.2, 0) is 4.79 Å². The quantitative estimate of drug-likeness (QED) is 0.693. The molecule has 0 aliphatic rings. The lowest BCUT2D eigenvalue weighted by Gasteiger charge is -2.04. The topological polar surface area (TPSA) is 57.5 Å². The highest BCUT2D eigenvalue weighted by molar-refractivity contribution is 5.73. The van der Waals surface area contributed by atoms with Gasteiger partial charge in [0.05, 0.1) is 0 Å². The molecule has 0 aromatic heterocycles. The first-order valence-corrected chi connectivity index (χ1v) is 3.44. The first kappa shape index (κ1) is 7.31. The fourth-order valence-electron chi connectivity index (χ4n) is 0.843. The highest BCUT2D eigenvalue weighted by Gasteiger charge is 2.14. The van der Waals surface area contributed by atoms with E-state index in [1.165, 1.54) is 12.1 Å². The lowest BCUT2D eigenvalue weighted by atomic mass is 10.1. The third-order valence-corrected chi connectivity index (χ3v) is 1.53. The van der Waals surface area contributed by atoms with Crippen LogP contribution in [0.2, 0.25) is 0 Å². The summed E-state index contributed by atoms with van der Waals surface area (Å²) in [5.41, 5.74) is 1.13. The minimum Gasteiger partial charge on any atom is -0.479 e. The summed E-state index contributed by atoms with van der Waals surface area (Å²) in [7, 11) is 0. The summed E-state index contributed by atoms with van der Waals surface area (Å²) in [5.74, 6) is -1.27. The molecule has 0 radical (unpaired) electrons. The van der Waals surface area contributed by atoms with Gasteiger partial charge in [-0.3, -0.25) is 0 Å². The molecule has 1 atom stereocenters. The standard InChI is InChI=1S/C9H10O3/c1-6-2-4-7(5-3-6)8(10)9(11)12/h2-5,8,10H,1H3,(H,11,12)/i1D. The van der Waals surface area contributed by atoms with Crippen molar-refractivity contribution in [3.63, 3.8) is 0 Å². The van der Waals surface area contributed by atoms with Crippen LogP contribution in [0.3, 0.4) is 0 Å². The molecule has 0 aliphatic heterocycles. The van der Waals surface area contributed by atoms with Crippen molar-refractivity contribution in [2.24, 2.45) is 0 Å². The van der Waals surface area contributed by atoms with E-state index >= 15 is 0 Å². The first-order chi connectivity index (χ1) is 6.15. The molecule has 0 saturated carbocycles. The molecule has 0 fully saturated rings. The van der Waals surface area contributed by atoms with Crippen molar-refractivity contribution < 1.29 is 16.4 Å². The Balaban J connectivity index is 2.85. The van der Waals surface area contributed by atoms with Crippen LogP contribution in [0, 0.1) is 6.90 Å². The van der Waals surface area contributed by atoms with Crippen LogP contribution in [0.25, 0.3) is 0 Å².